The number of amides is 1. The monoisotopic (exact) mass is 282 g/mol. The van der Waals surface area contributed by atoms with Gasteiger partial charge < -0.3 is 19.9 Å². The summed E-state index contributed by atoms with van der Waals surface area (Å²) < 4.78 is 10.5. The Balaban J connectivity index is 1.72. The Morgan fingerprint density at radius 1 is 1.60 bits per heavy atom. The Hall–Kier alpha value is -1.47. The van der Waals surface area contributed by atoms with Crippen LogP contribution in [0.5, 0.6) is 0 Å². The lowest BCUT2D eigenvalue weighted by Gasteiger charge is -2.07. The van der Waals surface area contributed by atoms with Gasteiger partial charge in [0, 0.05) is 13.2 Å². The third-order valence-electron chi connectivity index (χ3n) is 3.06. The van der Waals surface area contributed by atoms with Crippen molar-refractivity contribution >= 4 is 5.91 Å². The van der Waals surface area contributed by atoms with Crippen LogP contribution in [-0.2, 0) is 4.74 Å². The van der Waals surface area contributed by atoms with E-state index in [4.69, 9.17) is 9.26 Å². The maximum atomic E-state index is 11.8. The number of carbonyl (C=O) groups is 1. The molecular formula is C13H22N4O3. The van der Waals surface area contributed by atoms with Gasteiger partial charge in [0.05, 0.1) is 12.1 Å². The third kappa shape index (κ3) is 4.28. The molecule has 1 aliphatic heterocycles. The van der Waals surface area contributed by atoms with Crippen molar-refractivity contribution in [2.24, 2.45) is 0 Å². The molecule has 20 heavy (non-hydrogen) atoms. The van der Waals surface area contributed by atoms with E-state index >= 15 is 0 Å². The predicted octanol–water partition coefficient (Wildman–Crippen LogP) is 1.04. The lowest BCUT2D eigenvalue weighted by atomic mass is 10.2. The summed E-state index contributed by atoms with van der Waals surface area (Å²) in [5, 5.41) is 9.72. The molecule has 1 amide bonds. The van der Waals surface area contributed by atoms with Gasteiger partial charge in [-0.2, -0.15) is 4.98 Å². The van der Waals surface area contributed by atoms with Crippen LogP contribution in [0, 0.1) is 0 Å². The zero-order valence-electron chi connectivity index (χ0n) is 12.0. The Bertz CT molecular complexity index is 427. The number of aromatic nitrogens is 2. The first-order chi connectivity index (χ1) is 9.66. The highest BCUT2D eigenvalue weighted by Crippen LogP contribution is 2.20. The smallest absolute Gasteiger partial charge is 0.292 e. The zero-order chi connectivity index (χ0) is 14.4. The van der Waals surface area contributed by atoms with Crippen molar-refractivity contribution in [1.82, 2.24) is 20.8 Å². The van der Waals surface area contributed by atoms with Crippen LogP contribution in [0.25, 0.3) is 0 Å². The minimum absolute atomic E-state index is 0.0866. The van der Waals surface area contributed by atoms with E-state index in [2.05, 4.69) is 20.8 Å². The molecule has 1 aliphatic rings. The van der Waals surface area contributed by atoms with Gasteiger partial charge in [0.15, 0.2) is 0 Å². The Morgan fingerprint density at radius 2 is 2.45 bits per heavy atom. The van der Waals surface area contributed by atoms with Gasteiger partial charge in [-0.15, -0.1) is 0 Å². The molecule has 0 aliphatic carbocycles. The molecular weight excluding hydrogens is 260 g/mol. The van der Waals surface area contributed by atoms with E-state index in [-0.39, 0.29) is 23.9 Å². The fraction of sp³-hybridized carbons (Fsp3) is 0.769. The number of rotatable bonds is 7. The minimum Gasteiger partial charge on any atom is -0.379 e. The molecule has 1 aromatic rings. The fourth-order valence-corrected chi connectivity index (χ4v) is 2.04. The lowest BCUT2D eigenvalue weighted by Crippen LogP contribution is -2.26. The van der Waals surface area contributed by atoms with Gasteiger partial charge in [0.1, 0.15) is 0 Å². The molecule has 1 unspecified atom stereocenters. The number of hydrogen-bond acceptors (Lipinski definition) is 6. The minimum atomic E-state index is -0.303. The van der Waals surface area contributed by atoms with E-state index in [0.29, 0.717) is 19.0 Å². The number of carbonyl (C=O) groups excluding carboxylic acids is 1. The van der Waals surface area contributed by atoms with Gasteiger partial charge in [0.25, 0.3) is 11.7 Å². The van der Waals surface area contributed by atoms with Crippen molar-refractivity contribution in [2.45, 2.75) is 45.3 Å². The largest absolute Gasteiger partial charge is 0.379 e. The first-order valence-corrected chi connectivity index (χ1v) is 7.13. The van der Waals surface area contributed by atoms with Crippen LogP contribution in [0.4, 0.5) is 0 Å². The van der Waals surface area contributed by atoms with Crippen molar-refractivity contribution in [1.29, 1.82) is 0 Å². The summed E-state index contributed by atoms with van der Waals surface area (Å²) in [4.78, 5) is 15.9. The maximum absolute atomic E-state index is 11.8. The molecule has 0 saturated carbocycles. The van der Waals surface area contributed by atoms with E-state index < -0.39 is 0 Å². The molecule has 0 bridgehead atoms. The molecule has 1 fully saturated rings. The Kier molecular flexibility index (Phi) is 5.49. The van der Waals surface area contributed by atoms with Crippen molar-refractivity contribution in [3.8, 4) is 0 Å². The van der Waals surface area contributed by atoms with Crippen LogP contribution >= 0.6 is 0 Å². The summed E-state index contributed by atoms with van der Waals surface area (Å²) in [7, 11) is 0. The molecule has 1 atom stereocenters. The highest BCUT2D eigenvalue weighted by atomic mass is 16.5. The molecule has 7 heteroatoms. The first kappa shape index (κ1) is 14.9. The molecule has 2 N–H and O–H groups in total. The average molecular weight is 282 g/mol. The molecule has 1 saturated heterocycles. The quantitative estimate of drug-likeness (QED) is 0.726. The normalized spacial score (nSPS) is 18.6. The molecule has 2 heterocycles. The van der Waals surface area contributed by atoms with E-state index in [1.807, 2.05) is 13.8 Å². The molecule has 7 nitrogen and oxygen atoms in total. The molecule has 112 valence electrons. The summed E-state index contributed by atoms with van der Waals surface area (Å²) in [6.07, 6.45) is 3.03. The van der Waals surface area contributed by atoms with Gasteiger partial charge in [-0.25, -0.2) is 0 Å². The highest BCUT2D eigenvalue weighted by molar-refractivity contribution is 5.90. The van der Waals surface area contributed by atoms with E-state index in [9.17, 15) is 4.79 Å². The topological polar surface area (TPSA) is 89.3 Å². The second-order valence-corrected chi connectivity index (χ2v) is 5.13. The van der Waals surface area contributed by atoms with Gasteiger partial charge in [0.2, 0.25) is 5.89 Å². The van der Waals surface area contributed by atoms with E-state index in [1.54, 1.807) is 0 Å². The number of nitrogens with zero attached hydrogens (tertiary/aromatic N) is 2. The summed E-state index contributed by atoms with van der Waals surface area (Å²) in [6, 6.07) is 0.0866. The van der Waals surface area contributed by atoms with Crippen LogP contribution in [0.1, 0.15) is 55.7 Å². The molecule has 0 spiro atoms. The van der Waals surface area contributed by atoms with Gasteiger partial charge in [-0.05, 0) is 39.7 Å². The van der Waals surface area contributed by atoms with Crippen LogP contribution < -0.4 is 10.6 Å². The molecule has 0 radical (unpaired) electrons. The predicted molar refractivity (Wildman–Crippen MR) is 72.3 cm³/mol. The number of ether oxygens (including phenoxy) is 1. The van der Waals surface area contributed by atoms with E-state index in [0.717, 1.165) is 25.8 Å². The lowest BCUT2D eigenvalue weighted by molar-refractivity contribution is 0.0755. The van der Waals surface area contributed by atoms with E-state index in [1.165, 1.54) is 0 Å². The van der Waals surface area contributed by atoms with Crippen molar-refractivity contribution in [3.63, 3.8) is 0 Å². The standard InChI is InChI=1S/C13H22N4O3/c1-9(2)19-8-4-7-15-12(18)11-16-13(20-17-11)10-5-3-6-14-10/h9-10,14H,3-8H2,1-2H3,(H,15,18). The average Bonchev–Trinajstić information content (AvgIpc) is 3.08. The van der Waals surface area contributed by atoms with Gasteiger partial charge in [-0.3, -0.25) is 4.79 Å². The number of hydrogen-bond donors (Lipinski definition) is 2. The highest BCUT2D eigenvalue weighted by Gasteiger charge is 2.24. The Labute approximate surface area is 118 Å². The molecule has 0 aromatic carbocycles. The fourth-order valence-electron chi connectivity index (χ4n) is 2.04. The number of nitrogens with one attached hydrogen (secondary N) is 2. The second-order valence-electron chi connectivity index (χ2n) is 5.13. The van der Waals surface area contributed by atoms with Crippen molar-refractivity contribution in [3.05, 3.63) is 11.7 Å². The zero-order valence-corrected chi connectivity index (χ0v) is 12.0. The van der Waals surface area contributed by atoms with Crippen LogP contribution in [0.2, 0.25) is 0 Å². The van der Waals surface area contributed by atoms with Crippen LogP contribution in [0.3, 0.4) is 0 Å². The van der Waals surface area contributed by atoms with Gasteiger partial charge in [-0.1, -0.05) is 5.16 Å². The first-order valence-electron chi connectivity index (χ1n) is 7.13. The summed E-state index contributed by atoms with van der Waals surface area (Å²) in [5.41, 5.74) is 0. The van der Waals surface area contributed by atoms with Crippen LogP contribution in [-0.4, -0.2) is 41.8 Å². The van der Waals surface area contributed by atoms with Crippen molar-refractivity contribution < 1.29 is 14.1 Å². The van der Waals surface area contributed by atoms with Crippen molar-refractivity contribution in [2.75, 3.05) is 19.7 Å². The molecule has 1 aromatic heterocycles. The molecule has 2 rings (SSSR count). The third-order valence-corrected chi connectivity index (χ3v) is 3.06. The maximum Gasteiger partial charge on any atom is 0.292 e. The SMILES string of the molecule is CC(C)OCCCNC(=O)c1noc(C2CCCN2)n1. The summed E-state index contributed by atoms with van der Waals surface area (Å²) in [6.45, 7) is 6.08. The summed E-state index contributed by atoms with van der Waals surface area (Å²) in [5.74, 6) is 0.289. The summed E-state index contributed by atoms with van der Waals surface area (Å²) >= 11 is 0. The Morgan fingerprint density at radius 3 is 3.15 bits per heavy atom. The van der Waals surface area contributed by atoms with Crippen LogP contribution in [0.15, 0.2) is 4.52 Å². The second kappa shape index (κ2) is 7.35. The van der Waals surface area contributed by atoms with Gasteiger partial charge >= 0.3 is 0 Å².